The standard InChI is InChI=1S/C32H26F3N5O4S2/c1-17-38-39-32(44-17)27-23(11-7-18-4-8-20(33)9-5-18)37-29-24-3-2-14-40(24)46(42,43)30(29)28(27)25-12-13-26(45-25)31(41)36-16-19-6-10-21(34)22(35)15-19/h4-6,8-10,12-13,15,24H,2-3,7,11,14,16H2,1H3,(H,36,41)/t24-/m1/s1. The van der Waals surface area contributed by atoms with Gasteiger partial charge in [-0.2, -0.15) is 4.31 Å². The van der Waals surface area contributed by atoms with E-state index in [1.165, 1.54) is 22.5 Å². The number of fused-ring (bicyclic) bond motifs is 3. The van der Waals surface area contributed by atoms with Crippen LogP contribution in [0, 0.1) is 24.4 Å². The van der Waals surface area contributed by atoms with Crippen LogP contribution in [-0.4, -0.2) is 40.4 Å². The van der Waals surface area contributed by atoms with Crippen LogP contribution in [-0.2, 0) is 29.4 Å². The highest BCUT2D eigenvalue weighted by atomic mass is 32.2. The molecular weight excluding hydrogens is 640 g/mol. The molecule has 0 saturated carbocycles. The van der Waals surface area contributed by atoms with Crippen molar-refractivity contribution in [3.05, 3.63) is 105 Å². The summed E-state index contributed by atoms with van der Waals surface area (Å²) in [5.74, 6) is -2.45. The van der Waals surface area contributed by atoms with Gasteiger partial charge in [0.25, 0.3) is 5.91 Å². The molecule has 0 radical (unpaired) electrons. The third kappa shape index (κ3) is 5.39. The minimum absolute atomic E-state index is 0.0427. The Balaban J connectivity index is 1.33. The summed E-state index contributed by atoms with van der Waals surface area (Å²) in [6.07, 6.45) is 2.17. The zero-order chi connectivity index (χ0) is 32.2. The van der Waals surface area contributed by atoms with Gasteiger partial charge in [-0.3, -0.25) is 9.78 Å². The summed E-state index contributed by atoms with van der Waals surface area (Å²) < 4.78 is 76.1. The Bertz CT molecular complexity index is 2100. The number of aryl methyl sites for hydroxylation is 3. The molecule has 7 rings (SSSR count). The van der Waals surface area contributed by atoms with Gasteiger partial charge in [0.2, 0.25) is 21.8 Å². The molecule has 0 bridgehead atoms. The normalized spacial score (nSPS) is 16.8. The first kappa shape index (κ1) is 30.3. The lowest BCUT2D eigenvalue weighted by molar-refractivity contribution is 0.0955. The number of benzene rings is 2. The molecule has 5 aromatic rings. The lowest BCUT2D eigenvalue weighted by Gasteiger charge is -2.16. The van der Waals surface area contributed by atoms with Crippen molar-refractivity contribution in [1.29, 1.82) is 0 Å². The second-order valence-electron chi connectivity index (χ2n) is 11.1. The number of carbonyl (C=O) groups is 1. The summed E-state index contributed by atoms with van der Waals surface area (Å²) in [5, 5.41) is 10.9. The monoisotopic (exact) mass is 665 g/mol. The van der Waals surface area contributed by atoms with E-state index in [0.717, 1.165) is 29.0 Å². The first-order valence-electron chi connectivity index (χ1n) is 14.6. The summed E-state index contributed by atoms with van der Waals surface area (Å²) in [6.45, 7) is 1.95. The zero-order valence-electron chi connectivity index (χ0n) is 24.4. The van der Waals surface area contributed by atoms with Crippen LogP contribution in [0.3, 0.4) is 0 Å². The number of thiophene rings is 1. The number of pyridine rings is 1. The molecule has 14 heteroatoms. The van der Waals surface area contributed by atoms with E-state index < -0.39 is 33.6 Å². The van der Waals surface area contributed by atoms with Gasteiger partial charge in [-0.25, -0.2) is 21.6 Å². The molecule has 2 aliphatic heterocycles. The Labute approximate surface area is 266 Å². The van der Waals surface area contributed by atoms with Gasteiger partial charge < -0.3 is 9.73 Å². The van der Waals surface area contributed by atoms with Crippen molar-refractivity contribution in [2.45, 2.75) is 50.1 Å². The topological polar surface area (TPSA) is 118 Å². The number of rotatable bonds is 8. The summed E-state index contributed by atoms with van der Waals surface area (Å²) in [7, 11) is -3.96. The molecule has 2 aromatic carbocycles. The van der Waals surface area contributed by atoms with Crippen LogP contribution in [0.15, 0.2) is 63.9 Å². The molecule has 0 spiro atoms. The Morgan fingerprint density at radius 3 is 2.52 bits per heavy atom. The van der Waals surface area contributed by atoms with Gasteiger partial charge in [0.05, 0.1) is 27.9 Å². The lowest BCUT2D eigenvalue weighted by atomic mass is 9.96. The van der Waals surface area contributed by atoms with Gasteiger partial charge in [0, 0.05) is 30.5 Å². The van der Waals surface area contributed by atoms with Gasteiger partial charge in [0.15, 0.2) is 11.6 Å². The quantitative estimate of drug-likeness (QED) is 0.212. The number of aromatic nitrogens is 3. The van der Waals surface area contributed by atoms with Gasteiger partial charge >= 0.3 is 0 Å². The van der Waals surface area contributed by atoms with Crippen LogP contribution in [0.25, 0.3) is 21.9 Å². The van der Waals surface area contributed by atoms with Crippen molar-refractivity contribution in [1.82, 2.24) is 24.8 Å². The molecule has 0 aliphatic carbocycles. The minimum Gasteiger partial charge on any atom is -0.421 e. The molecule has 236 valence electrons. The molecule has 5 heterocycles. The zero-order valence-corrected chi connectivity index (χ0v) is 26.0. The molecule has 9 nitrogen and oxygen atoms in total. The van der Waals surface area contributed by atoms with Crippen molar-refractivity contribution in [2.75, 3.05) is 6.54 Å². The maximum absolute atomic E-state index is 14.1. The van der Waals surface area contributed by atoms with Crippen molar-refractivity contribution < 1.29 is 30.8 Å². The Morgan fingerprint density at radius 2 is 1.78 bits per heavy atom. The van der Waals surface area contributed by atoms with E-state index in [9.17, 15) is 26.4 Å². The number of carbonyl (C=O) groups excluding carboxylic acids is 1. The van der Waals surface area contributed by atoms with Crippen LogP contribution in [0.4, 0.5) is 13.2 Å². The second kappa shape index (κ2) is 11.8. The van der Waals surface area contributed by atoms with Crippen LogP contribution in [0.2, 0.25) is 0 Å². The van der Waals surface area contributed by atoms with E-state index in [0.29, 0.717) is 65.2 Å². The molecule has 3 aromatic heterocycles. The Kier molecular flexibility index (Phi) is 7.73. The third-order valence-electron chi connectivity index (χ3n) is 8.16. The van der Waals surface area contributed by atoms with Gasteiger partial charge in [-0.15, -0.1) is 21.5 Å². The van der Waals surface area contributed by atoms with Gasteiger partial charge in [0.1, 0.15) is 10.7 Å². The summed E-state index contributed by atoms with van der Waals surface area (Å²) >= 11 is 1.08. The van der Waals surface area contributed by atoms with E-state index in [-0.39, 0.29) is 33.9 Å². The Hall–Kier alpha value is -4.40. The fraction of sp³-hybridized carbons (Fsp3) is 0.250. The largest absolute Gasteiger partial charge is 0.421 e. The van der Waals surface area contributed by atoms with Crippen molar-refractivity contribution in [3.63, 3.8) is 0 Å². The summed E-state index contributed by atoms with van der Waals surface area (Å²) in [5.41, 5.74) is 2.93. The van der Waals surface area contributed by atoms with E-state index in [1.807, 2.05) is 0 Å². The van der Waals surface area contributed by atoms with Crippen LogP contribution < -0.4 is 5.32 Å². The fourth-order valence-corrected chi connectivity index (χ4v) is 9.12. The van der Waals surface area contributed by atoms with Crippen LogP contribution in [0.5, 0.6) is 0 Å². The van der Waals surface area contributed by atoms with Gasteiger partial charge in [-0.1, -0.05) is 18.2 Å². The molecule has 1 N–H and O–H groups in total. The summed E-state index contributed by atoms with van der Waals surface area (Å²) in [4.78, 5) is 18.9. The third-order valence-corrected chi connectivity index (χ3v) is 11.2. The number of hydrogen-bond donors (Lipinski definition) is 1. The second-order valence-corrected chi connectivity index (χ2v) is 14.1. The smallest absolute Gasteiger partial charge is 0.261 e. The maximum atomic E-state index is 14.1. The first-order valence-corrected chi connectivity index (χ1v) is 16.8. The fourth-order valence-electron chi connectivity index (χ4n) is 6.01. The van der Waals surface area contributed by atoms with Crippen LogP contribution in [0.1, 0.15) is 57.0 Å². The van der Waals surface area contributed by atoms with E-state index in [1.54, 1.807) is 31.2 Å². The number of nitrogens with one attached hydrogen (secondary N) is 1. The van der Waals surface area contributed by atoms with E-state index in [4.69, 9.17) is 9.40 Å². The van der Waals surface area contributed by atoms with Gasteiger partial charge in [-0.05, 0) is 73.2 Å². The SMILES string of the molecule is Cc1nnc(-c2c(CCc3ccc(F)cc3)nc3c(c2-c2ccc(C(=O)NCc4ccc(F)c(F)c4)s2)S(=O)(=O)N2CCC[C@H]32)o1. The lowest BCUT2D eigenvalue weighted by Crippen LogP contribution is -2.23. The number of sulfonamides is 1. The number of amides is 1. The maximum Gasteiger partial charge on any atom is 0.261 e. The molecule has 1 fully saturated rings. The molecule has 46 heavy (non-hydrogen) atoms. The highest BCUT2D eigenvalue weighted by molar-refractivity contribution is 7.89. The average molecular weight is 666 g/mol. The number of hydrogen-bond acceptors (Lipinski definition) is 8. The highest BCUT2D eigenvalue weighted by Crippen LogP contribution is 2.52. The number of nitrogens with zero attached hydrogens (tertiary/aromatic N) is 4. The number of halogens is 3. The molecule has 2 aliphatic rings. The highest BCUT2D eigenvalue weighted by Gasteiger charge is 2.49. The van der Waals surface area contributed by atoms with E-state index in [2.05, 4.69) is 15.5 Å². The molecule has 1 saturated heterocycles. The van der Waals surface area contributed by atoms with Crippen molar-refractivity contribution in [3.8, 4) is 21.9 Å². The average Bonchev–Trinajstić information content (AvgIpc) is 3.84. The summed E-state index contributed by atoms with van der Waals surface area (Å²) in [6, 6.07) is 12.4. The van der Waals surface area contributed by atoms with Crippen LogP contribution >= 0.6 is 11.3 Å². The first-order chi connectivity index (χ1) is 22.1. The molecular formula is C32H26F3N5O4S2. The predicted molar refractivity (Wildman–Crippen MR) is 163 cm³/mol. The molecule has 1 amide bonds. The minimum atomic E-state index is -3.96. The molecule has 0 unspecified atom stereocenters. The van der Waals surface area contributed by atoms with Crippen molar-refractivity contribution >= 4 is 27.3 Å². The van der Waals surface area contributed by atoms with Crippen molar-refractivity contribution in [2.24, 2.45) is 0 Å². The predicted octanol–water partition coefficient (Wildman–Crippen LogP) is 6.14. The van der Waals surface area contributed by atoms with E-state index >= 15 is 0 Å². The Morgan fingerprint density at radius 1 is 1.00 bits per heavy atom. The molecule has 1 atom stereocenters.